The number of allylic oxidation sites excluding steroid dienone is 3. The van der Waals surface area contributed by atoms with Gasteiger partial charge >= 0.3 is 0 Å². The third kappa shape index (κ3) is 3.94. The molecule has 164 valence electrons. The Morgan fingerprint density at radius 3 is 2.59 bits per heavy atom. The van der Waals surface area contributed by atoms with Gasteiger partial charge in [-0.05, 0) is 42.3 Å². The van der Waals surface area contributed by atoms with Crippen LogP contribution in [0.25, 0.3) is 17.1 Å². The third-order valence-corrected chi connectivity index (χ3v) is 6.50. The van der Waals surface area contributed by atoms with E-state index >= 15 is 4.39 Å². The second kappa shape index (κ2) is 8.85. The van der Waals surface area contributed by atoms with E-state index in [9.17, 15) is 0 Å². The van der Waals surface area contributed by atoms with Gasteiger partial charge in [0.2, 0.25) is 0 Å². The molecule has 3 heterocycles. The number of nitrogens with one attached hydrogen (secondary N) is 1. The van der Waals surface area contributed by atoms with Crippen molar-refractivity contribution in [2.75, 3.05) is 26.2 Å². The van der Waals surface area contributed by atoms with Crippen molar-refractivity contribution in [3.8, 4) is 17.1 Å². The maximum absolute atomic E-state index is 16.5. The summed E-state index contributed by atoms with van der Waals surface area (Å²) in [5.74, 6) is 0.836. The summed E-state index contributed by atoms with van der Waals surface area (Å²) in [4.78, 5) is 6.89. The van der Waals surface area contributed by atoms with Gasteiger partial charge in [-0.2, -0.15) is 0 Å². The van der Waals surface area contributed by atoms with E-state index in [1.54, 1.807) is 12.3 Å². The Labute approximate surface area is 189 Å². The number of halogens is 1. The smallest absolute Gasteiger partial charge is 0.152 e. The average Bonchev–Trinajstić information content (AvgIpc) is 3.25. The molecule has 1 fully saturated rings. The van der Waals surface area contributed by atoms with Crippen molar-refractivity contribution in [2.45, 2.75) is 25.1 Å². The zero-order valence-corrected chi connectivity index (χ0v) is 18.4. The third-order valence-electron chi connectivity index (χ3n) is 6.50. The highest BCUT2D eigenvalue weighted by Gasteiger charge is 2.42. The molecule has 3 aromatic rings. The lowest BCUT2D eigenvalue weighted by Gasteiger charge is -2.42. The van der Waals surface area contributed by atoms with Gasteiger partial charge in [-0.3, -0.25) is 4.90 Å². The van der Waals surface area contributed by atoms with Crippen LogP contribution in [0.2, 0.25) is 0 Å². The van der Waals surface area contributed by atoms with Crippen LogP contribution < -0.4 is 5.32 Å². The minimum Gasteiger partial charge on any atom is -0.314 e. The van der Waals surface area contributed by atoms with Crippen molar-refractivity contribution in [3.63, 3.8) is 0 Å². The predicted octanol–water partition coefficient (Wildman–Crippen LogP) is 5.02. The van der Waals surface area contributed by atoms with Crippen molar-refractivity contribution in [1.82, 2.24) is 19.8 Å². The Bertz CT molecular complexity index is 1130. The van der Waals surface area contributed by atoms with Crippen molar-refractivity contribution in [2.24, 2.45) is 0 Å². The van der Waals surface area contributed by atoms with Crippen molar-refractivity contribution < 1.29 is 4.39 Å². The van der Waals surface area contributed by atoms with Gasteiger partial charge in [-0.25, -0.2) is 9.37 Å². The molecular weight excluding hydrogens is 399 g/mol. The average molecular weight is 429 g/mol. The first-order chi connectivity index (χ1) is 15.7. The topological polar surface area (TPSA) is 33.1 Å². The Balaban J connectivity index is 1.67. The van der Waals surface area contributed by atoms with E-state index in [0.29, 0.717) is 6.42 Å². The maximum atomic E-state index is 16.5. The van der Waals surface area contributed by atoms with E-state index in [0.717, 1.165) is 48.8 Å². The molecule has 1 aliphatic carbocycles. The molecule has 5 rings (SSSR count). The highest BCUT2D eigenvalue weighted by molar-refractivity contribution is 5.67. The minimum absolute atomic E-state index is 0.362. The Morgan fingerprint density at radius 2 is 1.88 bits per heavy atom. The number of hydrogen-bond acceptors (Lipinski definition) is 3. The summed E-state index contributed by atoms with van der Waals surface area (Å²) in [5, 5.41) is 3.40. The van der Waals surface area contributed by atoms with Gasteiger partial charge in [-0.1, -0.05) is 48.6 Å². The van der Waals surface area contributed by atoms with Gasteiger partial charge < -0.3 is 9.88 Å². The van der Waals surface area contributed by atoms with Gasteiger partial charge in [0.05, 0.1) is 11.7 Å². The molecule has 2 aromatic heterocycles. The van der Waals surface area contributed by atoms with Crippen LogP contribution in [-0.2, 0) is 0 Å². The predicted molar refractivity (Wildman–Crippen MR) is 128 cm³/mol. The molecule has 1 aromatic carbocycles. The second-order valence-electron chi connectivity index (χ2n) is 8.64. The number of aryl methyl sites for hydroxylation is 1. The van der Waals surface area contributed by atoms with Crippen LogP contribution in [0.4, 0.5) is 4.39 Å². The molecule has 0 radical (unpaired) electrons. The van der Waals surface area contributed by atoms with E-state index in [1.165, 1.54) is 5.56 Å². The number of rotatable bonds is 5. The van der Waals surface area contributed by atoms with E-state index in [4.69, 9.17) is 0 Å². The zero-order chi connectivity index (χ0) is 22.0. The highest BCUT2D eigenvalue weighted by Crippen LogP contribution is 2.43. The molecule has 0 amide bonds. The van der Waals surface area contributed by atoms with Crippen LogP contribution in [0.3, 0.4) is 0 Å². The summed E-state index contributed by atoms with van der Waals surface area (Å²) < 4.78 is 18.6. The van der Waals surface area contributed by atoms with Crippen molar-refractivity contribution in [3.05, 3.63) is 96.4 Å². The maximum Gasteiger partial charge on any atom is 0.152 e. The van der Waals surface area contributed by atoms with Crippen LogP contribution in [0, 0.1) is 6.92 Å². The second-order valence-corrected chi connectivity index (χ2v) is 8.64. The molecule has 1 N–H and O–H groups in total. The lowest BCUT2D eigenvalue weighted by molar-refractivity contribution is 0.0499. The molecule has 0 spiro atoms. The van der Waals surface area contributed by atoms with Crippen molar-refractivity contribution >= 4 is 0 Å². The van der Waals surface area contributed by atoms with Crippen molar-refractivity contribution in [1.29, 1.82) is 0 Å². The van der Waals surface area contributed by atoms with E-state index in [2.05, 4.69) is 57.2 Å². The number of pyridine rings is 1. The molecule has 1 aliphatic heterocycles. The largest absolute Gasteiger partial charge is 0.314 e. The fourth-order valence-corrected chi connectivity index (χ4v) is 4.93. The molecule has 2 atom stereocenters. The monoisotopic (exact) mass is 428 g/mol. The summed E-state index contributed by atoms with van der Waals surface area (Å²) in [5.41, 5.74) is 2.89. The lowest BCUT2D eigenvalue weighted by atomic mass is 9.84. The quantitative estimate of drug-likeness (QED) is 0.620. The van der Waals surface area contributed by atoms with Crippen LogP contribution in [-0.4, -0.2) is 46.3 Å². The Morgan fingerprint density at radius 1 is 1.06 bits per heavy atom. The van der Waals surface area contributed by atoms with Crippen LogP contribution >= 0.6 is 0 Å². The van der Waals surface area contributed by atoms with Gasteiger partial charge in [0, 0.05) is 50.6 Å². The van der Waals surface area contributed by atoms with E-state index in [1.807, 2.05) is 42.5 Å². The molecule has 5 heteroatoms. The zero-order valence-electron chi connectivity index (χ0n) is 18.4. The number of aromatic nitrogens is 2. The van der Waals surface area contributed by atoms with E-state index in [-0.39, 0.29) is 6.04 Å². The first kappa shape index (κ1) is 20.9. The standard InChI is InChI=1S/C27H29FN4/c1-21-9-3-4-10-23(21)24-19-22(20-32(24)25-11-5-8-14-30-25)26(31-17-15-29-16-18-31)27(28)12-6-2-7-13-27/h2-12,14,19-20,26,29H,13,15-18H2,1H3. The van der Waals surface area contributed by atoms with Gasteiger partial charge in [0.15, 0.2) is 5.67 Å². The summed E-state index contributed by atoms with van der Waals surface area (Å²) in [6, 6.07) is 16.1. The summed E-state index contributed by atoms with van der Waals surface area (Å²) in [6.45, 7) is 5.50. The number of hydrogen-bond donors (Lipinski definition) is 1. The first-order valence-electron chi connectivity index (χ1n) is 11.3. The first-order valence-corrected chi connectivity index (χ1v) is 11.3. The van der Waals surface area contributed by atoms with Gasteiger partial charge in [-0.15, -0.1) is 0 Å². The number of benzene rings is 1. The number of piperazine rings is 1. The molecule has 4 nitrogen and oxygen atoms in total. The van der Waals surface area contributed by atoms with Crippen LogP contribution in [0.15, 0.2) is 85.2 Å². The van der Waals surface area contributed by atoms with Crippen LogP contribution in [0.5, 0.6) is 0 Å². The Kier molecular flexibility index (Phi) is 5.77. The molecule has 2 aliphatic rings. The lowest BCUT2D eigenvalue weighted by Crippen LogP contribution is -2.50. The summed E-state index contributed by atoms with van der Waals surface area (Å²) in [6.07, 6.45) is 11.7. The SMILES string of the molecule is Cc1ccccc1-c1cc(C(N2CCNCC2)C2(F)C=CC=CC2)cn1-c1ccccn1. The summed E-state index contributed by atoms with van der Waals surface area (Å²) in [7, 11) is 0. The number of alkyl halides is 1. The molecule has 0 saturated carbocycles. The highest BCUT2D eigenvalue weighted by atomic mass is 19.1. The normalized spacial score (nSPS) is 22.2. The van der Waals surface area contributed by atoms with Gasteiger partial charge in [0.25, 0.3) is 0 Å². The fraction of sp³-hybridized carbons (Fsp3) is 0.296. The minimum atomic E-state index is -1.45. The molecule has 0 bridgehead atoms. The molecular formula is C27H29FN4. The Hall–Kier alpha value is -3.02. The summed E-state index contributed by atoms with van der Waals surface area (Å²) >= 11 is 0. The number of nitrogens with zero attached hydrogens (tertiary/aromatic N) is 3. The molecule has 1 saturated heterocycles. The fourth-order valence-electron chi connectivity index (χ4n) is 4.93. The molecule has 2 unspecified atom stereocenters. The van der Waals surface area contributed by atoms with E-state index < -0.39 is 5.67 Å². The van der Waals surface area contributed by atoms with Gasteiger partial charge in [0.1, 0.15) is 5.82 Å². The van der Waals surface area contributed by atoms with Crippen LogP contribution in [0.1, 0.15) is 23.6 Å². The molecule has 32 heavy (non-hydrogen) atoms.